The van der Waals surface area contributed by atoms with Crippen LogP contribution in [0.25, 0.3) is 0 Å². The van der Waals surface area contributed by atoms with Crippen molar-refractivity contribution in [3.63, 3.8) is 0 Å². The van der Waals surface area contributed by atoms with Gasteiger partial charge in [-0.3, -0.25) is 4.79 Å². The van der Waals surface area contributed by atoms with Crippen LogP contribution in [0.1, 0.15) is 23.2 Å². The molecule has 0 bridgehead atoms. The average Bonchev–Trinajstić information content (AvgIpc) is 3.03. The van der Waals surface area contributed by atoms with Crippen molar-refractivity contribution < 1.29 is 13.9 Å². The molecule has 1 atom stereocenters. The Bertz CT molecular complexity index is 600. The number of ether oxygens (including phenoxy) is 1. The van der Waals surface area contributed by atoms with Gasteiger partial charge in [0.1, 0.15) is 12.4 Å². The minimum atomic E-state index is -0.0872. The molecule has 0 aromatic carbocycles. The molecular formula is C14H14BrN3O3. The molecule has 0 aliphatic carbocycles. The minimum Gasteiger partial charge on any atom is -0.472 e. The van der Waals surface area contributed by atoms with Crippen molar-refractivity contribution in [3.8, 4) is 6.01 Å². The van der Waals surface area contributed by atoms with Gasteiger partial charge in [0, 0.05) is 18.9 Å². The van der Waals surface area contributed by atoms with E-state index in [9.17, 15) is 4.79 Å². The molecule has 2 aromatic heterocycles. The van der Waals surface area contributed by atoms with Crippen molar-refractivity contribution in [2.45, 2.75) is 18.9 Å². The molecule has 0 radical (unpaired) electrons. The lowest BCUT2D eigenvalue weighted by Gasteiger charge is -2.32. The van der Waals surface area contributed by atoms with E-state index in [1.807, 2.05) is 0 Å². The van der Waals surface area contributed by atoms with Crippen LogP contribution in [0, 0.1) is 0 Å². The van der Waals surface area contributed by atoms with Crippen LogP contribution < -0.4 is 4.74 Å². The molecule has 1 saturated heterocycles. The van der Waals surface area contributed by atoms with Crippen molar-refractivity contribution in [1.82, 2.24) is 14.9 Å². The Balaban J connectivity index is 1.63. The first-order chi connectivity index (χ1) is 10.2. The van der Waals surface area contributed by atoms with Gasteiger partial charge in [0.2, 0.25) is 0 Å². The van der Waals surface area contributed by atoms with E-state index in [0.717, 1.165) is 23.9 Å². The SMILES string of the molecule is O=C(c1ccoc1)N1CCCC(Oc2ncc(Br)cn2)C1. The fraction of sp³-hybridized carbons (Fsp3) is 0.357. The molecule has 1 aliphatic rings. The Labute approximate surface area is 130 Å². The first-order valence-corrected chi connectivity index (χ1v) is 7.47. The second-order valence-electron chi connectivity index (χ2n) is 4.83. The highest BCUT2D eigenvalue weighted by Crippen LogP contribution is 2.18. The molecule has 110 valence electrons. The number of rotatable bonds is 3. The largest absolute Gasteiger partial charge is 0.472 e. The number of hydrogen-bond acceptors (Lipinski definition) is 5. The molecule has 2 aromatic rings. The van der Waals surface area contributed by atoms with E-state index < -0.39 is 0 Å². The maximum Gasteiger partial charge on any atom is 0.316 e. The number of carbonyl (C=O) groups excluding carboxylic acids is 1. The molecule has 7 heteroatoms. The molecule has 6 nitrogen and oxygen atoms in total. The van der Waals surface area contributed by atoms with Gasteiger partial charge >= 0.3 is 6.01 Å². The van der Waals surface area contributed by atoms with Crippen molar-refractivity contribution in [2.24, 2.45) is 0 Å². The average molecular weight is 352 g/mol. The monoisotopic (exact) mass is 351 g/mol. The molecular weight excluding hydrogens is 338 g/mol. The summed E-state index contributed by atoms with van der Waals surface area (Å²) < 4.78 is 11.5. The zero-order valence-electron chi connectivity index (χ0n) is 11.2. The Morgan fingerprint density at radius 2 is 2.24 bits per heavy atom. The van der Waals surface area contributed by atoms with E-state index in [1.54, 1.807) is 23.4 Å². The van der Waals surface area contributed by atoms with Crippen LogP contribution in [-0.4, -0.2) is 40.0 Å². The molecule has 0 spiro atoms. The smallest absolute Gasteiger partial charge is 0.316 e. The van der Waals surface area contributed by atoms with E-state index in [0.29, 0.717) is 18.1 Å². The molecule has 1 unspecified atom stereocenters. The standard InChI is InChI=1S/C14H14BrN3O3/c15-11-6-16-14(17-7-11)21-12-2-1-4-18(8-12)13(19)10-3-5-20-9-10/h3,5-7,9,12H,1-2,4,8H2. The van der Waals surface area contributed by atoms with Gasteiger partial charge in [-0.05, 0) is 34.8 Å². The van der Waals surface area contributed by atoms with Gasteiger partial charge in [0.25, 0.3) is 5.91 Å². The lowest BCUT2D eigenvalue weighted by Crippen LogP contribution is -2.44. The molecule has 3 heterocycles. The number of piperidine rings is 1. The summed E-state index contributed by atoms with van der Waals surface area (Å²) >= 11 is 3.28. The lowest BCUT2D eigenvalue weighted by atomic mass is 10.1. The summed E-state index contributed by atoms with van der Waals surface area (Å²) in [5.41, 5.74) is 0.565. The third-order valence-electron chi connectivity index (χ3n) is 3.30. The molecule has 1 fully saturated rings. The second kappa shape index (κ2) is 6.26. The summed E-state index contributed by atoms with van der Waals surface area (Å²) in [5.74, 6) is -0.0335. The summed E-state index contributed by atoms with van der Waals surface area (Å²) in [4.78, 5) is 22.2. The molecule has 21 heavy (non-hydrogen) atoms. The number of likely N-dealkylation sites (tertiary alicyclic amines) is 1. The number of furan rings is 1. The number of carbonyl (C=O) groups is 1. The van der Waals surface area contributed by atoms with E-state index in [2.05, 4.69) is 25.9 Å². The molecule has 0 N–H and O–H groups in total. The molecule has 0 saturated carbocycles. The first kappa shape index (κ1) is 14.1. The van der Waals surface area contributed by atoms with Crippen molar-refractivity contribution in [1.29, 1.82) is 0 Å². The second-order valence-corrected chi connectivity index (χ2v) is 5.74. The van der Waals surface area contributed by atoms with Crippen LogP contribution in [0.15, 0.2) is 39.9 Å². The molecule has 3 rings (SSSR count). The maximum absolute atomic E-state index is 12.3. The van der Waals surface area contributed by atoms with Gasteiger partial charge in [-0.25, -0.2) is 9.97 Å². The molecule has 1 amide bonds. The van der Waals surface area contributed by atoms with E-state index in [1.165, 1.54) is 12.5 Å². The van der Waals surface area contributed by atoms with Gasteiger partial charge in [-0.1, -0.05) is 0 Å². The maximum atomic E-state index is 12.3. The van der Waals surface area contributed by atoms with Crippen LogP contribution in [-0.2, 0) is 0 Å². The summed E-state index contributed by atoms with van der Waals surface area (Å²) in [6.07, 6.45) is 7.93. The number of halogens is 1. The Kier molecular flexibility index (Phi) is 4.19. The quantitative estimate of drug-likeness (QED) is 0.849. The number of hydrogen-bond donors (Lipinski definition) is 0. The predicted octanol–water partition coefficient (Wildman–Crippen LogP) is 2.52. The van der Waals surface area contributed by atoms with Crippen LogP contribution >= 0.6 is 15.9 Å². The number of amides is 1. The van der Waals surface area contributed by atoms with Gasteiger partial charge in [-0.15, -0.1) is 0 Å². The summed E-state index contributed by atoms with van der Waals surface area (Å²) in [6.45, 7) is 1.26. The number of nitrogens with zero attached hydrogens (tertiary/aromatic N) is 3. The third-order valence-corrected chi connectivity index (χ3v) is 3.71. The highest BCUT2D eigenvalue weighted by Gasteiger charge is 2.26. The fourth-order valence-electron chi connectivity index (χ4n) is 2.30. The van der Waals surface area contributed by atoms with Crippen molar-refractivity contribution >= 4 is 21.8 Å². The van der Waals surface area contributed by atoms with Gasteiger partial charge < -0.3 is 14.1 Å². The summed E-state index contributed by atoms with van der Waals surface area (Å²) in [6, 6.07) is 2.01. The zero-order chi connectivity index (χ0) is 14.7. The Morgan fingerprint density at radius 3 is 2.95 bits per heavy atom. The van der Waals surface area contributed by atoms with Gasteiger partial charge in [0.05, 0.1) is 22.8 Å². The van der Waals surface area contributed by atoms with Crippen LogP contribution in [0.2, 0.25) is 0 Å². The fourth-order valence-corrected chi connectivity index (χ4v) is 2.50. The van der Waals surface area contributed by atoms with Gasteiger partial charge in [-0.2, -0.15) is 0 Å². The van der Waals surface area contributed by atoms with Gasteiger partial charge in [0.15, 0.2) is 0 Å². The predicted molar refractivity (Wildman–Crippen MR) is 78.0 cm³/mol. The lowest BCUT2D eigenvalue weighted by molar-refractivity contribution is 0.0515. The summed E-state index contributed by atoms with van der Waals surface area (Å²) in [5, 5.41) is 0. The van der Waals surface area contributed by atoms with Crippen LogP contribution in [0.3, 0.4) is 0 Å². The van der Waals surface area contributed by atoms with Crippen molar-refractivity contribution in [3.05, 3.63) is 41.0 Å². The van der Waals surface area contributed by atoms with E-state index >= 15 is 0 Å². The number of aromatic nitrogens is 2. The normalized spacial score (nSPS) is 18.5. The van der Waals surface area contributed by atoms with Crippen LogP contribution in [0.5, 0.6) is 6.01 Å². The minimum absolute atomic E-state index is 0.0335. The Hall–Kier alpha value is -1.89. The molecule has 1 aliphatic heterocycles. The highest BCUT2D eigenvalue weighted by molar-refractivity contribution is 9.10. The van der Waals surface area contributed by atoms with Crippen molar-refractivity contribution in [2.75, 3.05) is 13.1 Å². The van der Waals surface area contributed by atoms with E-state index in [4.69, 9.17) is 9.15 Å². The van der Waals surface area contributed by atoms with E-state index in [-0.39, 0.29) is 12.0 Å². The summed E-state index contributed by atoms with van der Waals surface area (Å²) in [7, 11) is 0. The zero-order valence-corrected chi connectivity index (χ0v) is 12.8. The first-order valence-electron chi connectivity index (χ1n) is 6.68. The van der Waals surface area contributed by atoms with Crippen LogP contribution in [0.4, 0.5) is 0 Å². The third kappa shape index (κ3) is 3.41. The topological polar surface area (TPSA) is 68.5 Å². The highest BCUT2D eigenvalue weighted by atomic mass is 79.9. The Morgan fingerprint density at radius 1 is 1.43 bits per heavy atom.